The first-order valence-corrected chi connectivity index (χ1v) is 6.11. The highest BCUT2D eigenvalue weighted by Crippen LogP contribution is 2.12. The van der Waals surface area contributed by atoms with Crippen LogP contribution in [0.15, 0.2) is 24.3 Å². The molecule has 0 atom stereocenters. The van der Waals surface area contributed by atoms with Crippen LogP contribution in [-0.4, -0.2) is 36.7 Å². The number of rotatable bonds is 7. The number of ether oxygens (including phenoxy) is 1. The number of carboxylic acids is 1. The number of aliphatic carboxylic acids is 1. The van der Waals surface area contributed by atoms with Crippen molar-refractivity contribution < 1.29 is 23.8 Å². The van der Waals surface area contributed by atoms with Gasteiger partial charge in [-0.3, -0.25) is 4.79 Å². The maximum Gasteiger partial charge on any atom is 0.328 e. The van der Waals surface area contributed by atoms with Crippen molar-refractivity contribution >= 4 is 18.0 Å². The van der Waals surface area contributed by atoms with E-state index in [0.717, 1.165) is 12.1 Å². The van der Waals surface area contributed by atoms with Crippen molar-refractivity contribution in [2.45, 2.75) is 6.92 Å². The van der Waals surface area contributed by atoms with E-state index in [9.17, 15) is 14.0 Å². The third-order valence-corrected chi connectivity index (χ3v) is 2.39. The molecule has 0 aliphatic heterocycles. The van der Waals surface area contributed by atoms with Crippen LogP contribution in [0.4, 0.5) is 4.39 Å². The monoisotopic (exact) mass is 281 g/mol. The lowest BCUT2D eigenvalue weighted by molar-refractivity contribution is -0.131. The molecule has 0 spiro atoms. The minimum absolute atomic E-state index is 0.131. The maximum atomic E-state index is 13.6. The Labute approximate surface area is 116 Å². The van der Waals surface area contributed by atoms with E-state index < -0.39 is 17.7 Å². The number of carboxylic acid groups (broad SMARTS) is 1. The van der Waals surface area contributed by atoms with Crippen molar-refractivity contribution in [3.05, 3.63) is 41.2 Å². The zero-order valence-corrected chi connectivity index (χ0v) is 11.1. The minimum atomic E-state index is -1.11. The van der Waals surface area contributed by atoms with Gasteiger partial charge >= 0.3 is 5.97 Å². The van der Waals surface area contributed by atoms with Crippen LogP contribution in [-0.2, 0) is 9.53 Å². The van der Waals surface area contributed by atoms with Gasteiger partial charge in [-0.05, 0) is 30.7 Å². The van der Waals surface area contributed by atoms with Gasteiger partial charge in [0.05, 0.1) is 12.2 Å². The normalized spacial score (nSPS) is 10.7. The zero-order chi connectivity index (χ0) is 15.0. The Hall–Kier alpha value is -2.21. The van der Waals surface area contributed by atoms with E-state index in [1.165, 1.54) is 18.2 Å². The number of nitrogens with one attached hydrogen (secondary N) is 1. The van der Waals surface area contributed by atoms with E-state index in [1.807, 2.05) is 6.92 Å². The van der Waals surface area contributed by atoms with Crippen molar-refractivity contribution in [2.75, 3.05) is 19.8 Å². The molecule has 0 bridgehead atoms. The Bertz CT molecular complexity index is 514. The predicted molar refractivity (Wildman–Crippen MR) is 71.9 cm³/mol. The summed E-state index contributed by atoms with van der Waals surface area (Å²) in [6, 6.07) is 3.81. The maximum absolute atomic E-state index is 13.6. The van der Waals surface area contributed by atoms with Gasteiger partial charge in [0.15, 0.2) is 0 Å². The molecule has 0 heterocycles. The molecule has 1 aromatic rings. The Morgan fingerprint density at radius 2 is 2.20 bits per heavy atom. The lowest BCUT2D eigenvalue weighted by Gasteiger charge is -2.07. The van der Waals surface area contributed by atoms with Crippen molar-refractivity contribution in [2.24, 2.45) is 0 Å². The highest BCUT2D eigenvalue weighted by molar-refractivity contribution is 5.95. The fraction of sp³-hybridized carbons (Fsp3) is 0.286. The number of hydrogen-bond acceptors (Lipinski definition) is 3. The molecule has 2 N–H and O–H groups in total. The van der Waals surface area contributed by atoms with Crippen LogP contribution in [0.2, 0.25) is 0 Å². The van der Waals surface area contributed by atoms with Gasteiger partial charge in [-0.25, -0.2) is 9.18 Å². The molecule has 0 unspecified atom stereocenters. The summed E-state index contributed by atoms with van der Waals surface area (Å²) in [7, 11) is 0. The van der Waals surface area contributed by atoms with Crippen LogP contribution in [0, 0.1) is 5.82 Å². The van der Waals surface area contributed by atoms with Gasteiger partial charge in [0, 0.05) is 19.2 Å². The van der Waals surface area contributed by atoms with Gasteiger partial charge in [-0.1, -0.05) is 6.07 Å². The summed E-state index contributed by atoms with van der Waals surface area (Å²) in [6.45, 7) is 3.00. The summed E-state index contributed by atoms with van der Waals surface area (Å²) in [6.07, 6.45) is 2.21. The first-order valence-electron chi connectivity index (χ1n) is 6.11. The summed E-state index contributed by atoms with van der Waals surface area (Å²) in [5.41, 5.74) is 0.304. The molecule has 0 aliphatic carbocycles. The topological polar surface area (TPSA) is 75.6 Å². The summed E-state index contributed by atoms with van der Waals surface area (Å²) in [4.78, 5) is 22.2. The number of carbonyl (C=O) groups is 2. The second kappa shape index (κ2) is 8.06. The number of carbonyl (C=O) groups excluding carboxylic acids is 1. The Morgan fingerprint density at radius 3 is 2.85 bits per heavy atom. The van der Waals surface area contributed by atoms with Crippen molar-refractivity contribution in [3.63, 3.8) is 0 Å². The van der Waals surface area contributed by atoms with Crippen molar-refractivity contribution in [3.8, 4) is 0 Å². The van der Waals surface area contributed by atoms with Crippen LogP contribution in [0.5, 0.6) is 0 Å². The van der Waals surface area contributed by atoms with Crippen LogP contribution in [0.25, 0.3) is 6.08 Å². The quantitative estimate of drug-likeness (QED) is 0.589. The molecule has 0 radical (unpaired) electrons. The summed E-state index contributed by atoms with van der Waals surface area (Å²) in [5, 5.41) is 11.0. The third kappa shape index (κ3) is 5.19. The van der Waals surface area contributed by atoms with E-state index in [2.05, 4.69) is 5.32 Å². The van der Waals surface area contributed by atoms with E-state index in [1.54, 1.807) is 0 Å². The van der Waals surface area contributed by atoms with Crippen LogP contribution in [0.3, 0.4) is 0 Å². The zero-order valence-electron chi connectivity index (χ0n) is 11.1. The molecule has 0 saturated heterocycles. The lowest BCUT2D eigenvalue weighted by Crippen LogP contribution is -2.28. The largest absolute Gasteiger partial charge is 0.478 e. The first-order chi connectivity index (χ1) is 9.54. The summed E-state index contributed by atoms with van der Waals surface area (Å²) in [5.74, 6) is -2.34. The molecule has 1 aromatic carbocycles. The molecule has 108 valence electrons. The average Bonchev–Trinajstić information content (AvgIpc) is 2.42. The number of benzene rings is 1. The number of hydrogen-bond donors (Lipinski definition) is 2. The van der Waals surface area contributed by atoms with Crippen LogP contribution < -0.4 is 5.32 Å². The molecule has 6 heteroatoms. The molecule has 0 aromatic heterocycles. The number of amides is 1. The molecule has 20 heavy (non-hydrogen) atoms. The molecule has 0 aliphatic rings. The van der Waals surface area contributed by atoms with Crippen molar-refractivity contribution in [1.29, 1.82) is 0 Å². The van der Waals surface area contributed by atoms with E-state index >= 15 is 0 Å². The van der Waals surface area contributed by atoms with Crippen LogP contribution in [0.1, 0.15) is 22.8 Å². The third-order valence-electron chi connectivity index (χ3n) is 2.39. The highest BCUT2D eigenvalue weighted by Gasteiger charge is 2.11. The standard InChI is InChI=1S/C14H16FNO4/c1-2-20-8-7-16-14(19)11-9-10(3-5-12(11)15)4-6-13(17)18/h3-6,9H,2,7-8H2,1H3,(H,16,19)(H,17,18). The SMILES string of the molecule is CCOCCNC(=O)c1cc(C=CC(=O)O)ccc1F. The van der Waals surface area contributed by atoms with Crippen LogP contribution >= 0.6 is 0 Å². The molecule has 5 nitrogen and oxygen atoms in total. The van der Waals surface area contributed by atoms with Gasteiger partial charge in [0.2, 0.25) is 0 Å². The molecule has 0 saturated carbocycles. The predicted octanol–water partition coefficient (Wildman–Crippen LogP) is 1.69. The fourth-order valence-electron chi connectivity index (χ4n) is 1.46. The second-order valence-electron chi connectivity index (χ2n) is 3.86. The Balaban J connectivity index is 2.75. The molecule has 0 fully saturated rings. The van der Waals surface area contributed by atoms with Crippen molar-refractivity contribution in [1.82, 2.24) is 5.32 Å². The van der Waals surface area contributed by atoms with E-state index in [0.29, 0.717) is 18.8 Å². The molecular formula is C14H16FNO4. The highest BCUT2D eigenvalue weighted by atomic mass is 19.1. The smallest absolute Gasteiger partial charge is 0.328 e. The first kappa shape index (κ1) is 15.8. The van der Waals surface area contributed by atoms with E-state index in [4.69, 9.17) is 9.84 Å². The summed E-state index contributed by atoms with van der Waals surface area (Å²) < 4.78 is 18.6. The van der Waals surface area contributed by atoms with Gasteiger partial charge in [0.1, 0.15) is 5.82 Å². The molecule has 1 rings (SSSR count). The minimum Gasteiger partial charge on any atom is -0.478 e. The van der Waals surface area contributed by atoms with Gasteiger partial charge in [0.25, 0.3) is 5.91 Å². The van der Waals surface area contributed by atoms with E-state index in [-0.39, 0.29) is 12.1 Å². The second-order valence-corrected chi connectivity index (χ2v) is 3.86. The van der Waals surface area contributed by atoms with Gasteiger partial charge < -0.3 is 15.2 Å². The fourth-order valence-corrected chi connectivity index (χ4v) is 1.46. The molecular weight excluding hydrogens is 265 g/mol. The Kier molecular flexibility index (Phi) is 6.39. The lowest BCUT2D eigenvalue weighted by atomic mass is 10.1. The summed E-state index contributed by atoms with van der Waals surface area (Å²) >= 11 is 0. The average molecular weight is 281 g/mol. The Morgan fingerprint density at radius 1 is 1.45 bits per heavy atom. The molecule has 1 amide bonds. The van der Waals surface area contributed by atoms with Gasteiger partial charge in [-0.15, -0.1) is 0 Å². The number of halogens is 1. The van der Waals surface area contributed by atoms with Gasteiger partial charge in [-0.2, -0.15) is 0 Å².